The van der Waals surface area contributed by atoms with Crippen LogP contribution in [0.1, 0.15) is 18.1 Å². The van der Waals surface area contributed by atoms with E-state index in [0.717, 1.165) is 5.39 Å². The molecule has 10 nitrogen and oxygen atoms in total. The number of fused-ring (bicyclic) bond motifs is 1. The van der Waals surface area contributed by atoms with E-state index in [0.29, 0.717) is 40.5 Å². The van der Waals surface area contributed by atoms with Crippen LogP contribution in [-0.2, 0) is 11.4 Å². The second-order valence-corrected chi connectivity index (χ2v) is 8.30. The molecule has 0 fully saturated rings. The van der Waals surface area contributed by atoms with E-state index in [-0.39, 0.29) is 23.9 Å². The minimum absolute atomic E-state index is 0.0324. The van der Waals surface area contributed by atoms with Gasteiger partial charge in [0, 0.05) is 23.7 Å². The fraction of sp³-hybridized carbons (Fsp3) is 0.148. The number of hydrogen-bond donors (Lipinski definition) is 1. The summed E-state index contributed by atoms with van der Waals surface area (Å²) in [6, 6.07) is 18.6. The molecule has 0 aliphatic heterocycles. The summed E-state index contributed by atoms with van der Waals surface area (Å²) >= 11 is 6.44. The Morgan fingerprint density at radius 2 is 1.89 bits per heavy atom. The van der Waals surface area contributed by atoms with Crippen molar-refractivity contribution in [1.29, 1.82) is 0 Å². The van der Waals surface area contributed by atoms with Crippen molar-refractivity contribution in [2.24, 2.45) is 5.10 Å². The zero-order valence-electron chi connectivity index (χ0n) is 20.3. The van der Waals surface area contributed by atoms with Gasteiger partial charge in [-0.2, -0.15) is 5.10 Å². The number of hydrogen-bond acceptors (Lipinski definition) is 8. The third-order valence-corrected chi connectivity index (χ3v) is 5.47. The molecule has 0 aliphatic rings. The fourth-order valence-corrected chi connectivity index (χ4v) is 3.80. The van der Waals surface area contributed by atoms with E-state index in [9.17, 15) is 14.9 Å². The fourth-order valence-electron chi connectivity index (χ4n) is 3.53. The molecule has 0 atom stereocenters. The molecule has 0 bridgehead atoms. The Labute approximate surface area is 223 Å². The Bertz CT molecular complexity index is 1490. The molecule has 38 heavy (non-hydrogen) atoms. The number of halogens is 1. The van der Waals surface area contributed by atoms with Crippen molar-refractivity contribution >= 4 is 40.3 Å². The van der Waals surface area contributed by atoms with E-state index in [4.69, 9.17) is 25.8 Å². The van der Waals surface area contributed by atoms with Crippen LogP contribution in [0.15, 0.2) is 78.0 Å². The minimum atomic E-state index is -0.470. The van der Waals surface area contributed by atoms with Crippen molar-refractivity contribution in [1.82, 2.24) is 10.4 Å². The number of benzene rings is 3. The molecular weight excluding hydrogens is 512 g/mol. The number of carbonyl (C=O) groups is 1. The number of nitro benzene ring substituents is 1. The second kappa shape index (κ2) is 12.5. The van der Waals surface area contributed by atoms with Crippen LogP contribution in [0.3, 0.4) is 0 Å². The lowest BCUT2D eigenvalue weighted by molar-refractivity contribution is -0.384. The lowest BCUT2D eigenvalue weighted by Gasteiger charge is -2.14. The van der Waals surface area contributed by atoms with Gasteiger partial charge in [-0.1, -0.05) is 41.9 Å². The molecule has 0 unspecified atom stereocenters. The average molecular weight is 535 g/mol. The highest BCUT2D eigenvalue weighted by atomic mass is 35.5. The molecule has 0 aliphatic carbocycles. The van der Waals surface area contributed by atoms with Crippen LogP contribution in [0, 0.1) is 10.1 Å². The van der Waals surface area contributed by atoms with Gasteiger partial charge in [0.25, 0.3) is 11.6 Å². The Kier molecular flexibility index (Phi) is 8.68. The minimum Gasteiger partial charge on any atom is -0.490 e. The summed E-state index contributed by atoms with van der Waals surface area (Å²) < 4.78 is 17.1. The van der Waals surface area contributed by atoms with E-state index in [1.54, 1.807) is 36.5 Å². The summed E-state index contributed by atoms with van der Waals surface area (Å²) in [6.07, 6.45) is 3.07. The second-order valence-electron chi connectivity index (χ2n) is 7.89. The van der Waals surface area contributed by atoms with Gasteiger partial charge in [0.2, 0.25) is 0 Å². The van der Waals surface area contributed by atoms with Crippen molar-refractivity contribution in [3.8, 4) is 17.2 Å². The van der Waals surface area contributed by atoms with Crippen molar-refractivity contribution in [3.63, 3.8) is 0 Å². The topological polar surface area (TPSA) is 125 Å². The maximum atomic E-state index is 12.2. The van der Waals surface area contributed by atoms with Crippen molar-refractivity contribution in [2.45, 2.75) is 13.5 Å². The van der Waals surface area contributed by atoms with Crippen molar-refractivity contribution in [2.75, 3.05) is 13.2 Å². The quantitative estimate of drug-likeness (QED) is 0.157. The Morgan fingerprint density at radius 3 is 2.71 bits per heavy atom. The molecule has 11 heteroatoms. The normalized spacial score (nSPS) is 10.9. The van der Waals surface area contributed by atoms with Crippen LogP contribution >= 0.6 is 11.6 Å². The summed E-state index contributed by atoms with van der Waals surface area (Å²) in [5, 5.41) is 16.1. The molecule has 4 rings (SSSR count). The van der Waals surface area contributed by atoms with E-state index in [1.807, 2.05) is 31.2 Å². The van der Waals surface area contributed by atoms with E-state index in [2.05, 4.69) is 15.5 Å². The zero-order valence-corrected chi connectivity index (χ0v) is 21.1. The standard InChI is InChI=1S/C27H23ClN4O6/c1-2-36-24-14-19(13-22(28)27(24)38-16-18-6-3-9-21(12-18)32(34)35)15-30-31-25(33)17-37-23-10-4-7-20-8-5-11-29-26(20)23/h3-15H,2,16-17H2,1H3,(H,31,33)/b30-15+. The summed E-state index contributed by atoms with van der Waals surface area (Å²) in [5.74, 6) is 0.696. The maximum absolute atomic E-state index is 12.2. The zero-order chi connectivity index (χ0) is 26.9. The van der Waals surface area contributed by atoms with Gasteiger partial charge in [-0.15, -0.1) is 0 Å². The summed E-state index contributed by atoms with van der Waals surface area (Å²) in [6.45, 7) is 1.96. The van der Waals surface area contributed by atoms with Crippen LogP contribution in [0.25, 0.3) is 10.9 Å². The number of non-ortho nitro benzene ring substituents is 1. The number of rotatable bonds is 11. The Morgan fingerprint density at radius 1 is 1.08 bits per heavy atom. The number of aromatic nitrogens is 1. The van der Waals surface area contributed by atoms with Crippen LogP contribution in [0.5, 0.6) is 17.2 Å². The van der Waals surface area contributed by atoms with Crippen LogP contribution in [0.2, 0.25) is 5.02 Å². The number of nitrogens with zero attached hydrogens (tertiary/aromatic N) is 3. The first-order valence-corrected chi connectivity index (χ1v) is 11.9. The molecule has 194 valence electrons. The van der Waals surface area contributed by atoms with Crippen molar-refractivity contribution < 1.29 is 23.9 Å². The van der Waals surface area contributed by atoms with E-state index >= 15 is 0 Å². The van der Waals surface area contributed by atoms with Gasteiger partial charge in [-0.3, -0.25) is 19.9 Å². The SMILES string of the molecule is CCOc1cc(/C=N/NC(=O)COc2cccc3cccnc23)cc(Cl)c1OCc1cccc([N+](=O)[O-])c1. The maximum Gasteiger partial charge on any atom is 0.277 e. The van der Waals surface area contributed by atoms with Crippen LogP contribution in [-0.4, -0.2) is 35.2 Å². The molecule has 1 N–H and O–H groups in total. The molecule has 0 saturated heterocycles. The number of carbonyl (C=O) groups excluding carboxylic acids is 1. The van der Waals surface area contributed by atoms with Crippen molar-refractivity contribution in [3.05, 3.63) is 99.2 Å². The van der Waals surface area contributed by atoms with Crippen LogP contribution in [0.4, 0.5) is 5.69 Å². The van der Waals surface area contributed by atoms with Gasteiger partial charge >= 0.3 is 0 Å². The number of nitrogens with one attached hydrogen (secondary N) is 1. The van der Waals surface area contributed by atoms with Gasteiger partial charge in [-0.25, -0.2) is 5.43 Å². The van der Waals surface area contributed by atoms with Gasteiger partial charge in [0.15, 0.2) is 18.1 Å². The number of amides is 1. The highest BCUT2D eigenvalue weighted by molar-refractivity contribution is 6.32. The number of nitro groups is 1. The molecule has 0 saturated carbocycles. The Hall–Kier alpha value is -4.70. The summed E-state index contributed by atoms with van der Waals surface area (Å²) in [7, 11) is 0. The van der Waals surface area contributed by atoms with Gasteiger partial charge in [-0.05, 0) is 42.3 Å². The Balaban J connectivity index is 1.38. The first-order valence-electron chi connectivity index (χ1n) is 11.6. The van der Waals surface area contributed by atoms with Crippen LogP contribution < -0.4 is 19.6 Å². The number of pyridine rings is 1. The predicted octanol–water partition coefficient (Wildman–Crippen LogP) is 5.30. The lowest BCUT2D eigenvalue weighted by Crippen LogP contribution is -2.24. The van der Waals surface area contributed by atoms with Gasteiger partial charge in [0.1, 0.15) is 17.9 Å². The lowest BCUT2D eigenvalue weighted by atomic mass is 10.2. The third kappa shape index (κ3) is 6.74. The smallest absolute Gasteiger partial charge is 0.277 e. The highest BCUT2D eigenvalue weighted by Gasteiger charge is 2.14. The molecule has 1 heterocycles. The first kappa shape index (κ1) is 26.4. The van der Waals surface area contributed by atoms with Gasteiger partial charge in [0.05, 0.1) is 22.8 Å². The number of para-hydroxylation sites is 1. The average Bonchev–Trinajstić information content (AvgIpc) is 2.91. The highest BCUT2D eigenvalue weighted by Crippen LogP contribution is 2.37. The molecule has 0 spiro atoms. The largest absolute Gasteiger partial charge is 0.490 e. The molecular formula is C27H23ClN4O6. The predicted molar refractivity (Wildman–Crippen MR) is 143 cm³/mol. The molecule has 4 aromatic rings. The monoisotopic (exact) mass is 534 g/mol. The molecule has 1 aromatic heterocycles. The third-order valence-electron chi connectivity index (χ3n) is 5.19. The number of hydrazone groups is 1. The molecule has 0 radical (unpaired) electrons. The molecule has 3 aromatic carbocycles. The van der Waals surface area contributed by atoms with Gasteiger partial charge < -0.3 is 14.2 Å². The van der Waals surface area contributed by atoms with E-state index in [1.165, 1.54) is 18.3 Å². The summed E-state index contributed by atoms with van der Waals surface area (Å²) in [4.78, 5) is 27.1. The number of ether oxygens (including phenoxy) is 3. The molecule has 1 amide bonds. The summed E-state index contributed by atoms with van der Waals surface area (Å²) in [5.41, 5.74) is 4.20. The van der Waals surface area contributed by atoms with E-state index < -0.39 is 10.8 Å². The first-order chi connectivity index (χ1) is 18.4.